The number of H-pyrrole nitrogens is 1. The minimum Gasteiger partial charge on any atom is -0.381 e. The van der Waals surface area contributed by atoms with Crippen LogP contribution in [0.15, 0.2) is 0 Å². The lowest BCUT2D eigenvalue weighted by Gasteiger charge is -2.23. The molecule has 1 atom stereocenters. The first-order chi connectivity index (χ1) is 9.65. The minimum atomic E-state index is -0.0393. The number of hydrogen-bond acceptors (Lipinski definition) is 4. The van der Waals surface area contributed by atoms with Crippen LogP contribution in [-0.4, -0.2) is 51.8 Å². The Morgan fingerprint density at radius 2 is 2.25 bits per heavy atom. The summed E-state index contributed by atoms with van der Waals surface area (Å²) in [5.74, 6) is 1.75. The van der Waals surface area contributed by atoms with Crippen molar-refractivity contribution in [3.8, 4) is 0 Å². The molecule has 20 heavy (non-hydrogen) atoms. The second-order valence-corrected chi connectivity index (χ2v) is 6.12. The number of aromatic nitrogens is 3. The molecule has 1 aromatic rings. The minimum absolute atomic E-state index is 0.0393. The van der Waals surface area contributed by atoms with Crippen LogP contribution in [0.4, 0.5) is 0 Å². The smallest absolute Gasteiger partial charge is 0.293 e. The van der Waals surface area contributed by atoms with Crippen molar-refractivity contribution in [2.75, 3.05) is 19.8 Å². The van der Waals surface area contributed by atoms with Crippen LogP contribution in [0.1, 0.15) is 55.5 Å². The number of carbonyl (C=O) groups excluding carboxylic acids is 1. The lowest BCUT2D eigenvalue weighted by Crippen LogP contribution is -2.38. The van der Waals surface area contributed by atoms with Crippen LogP contribution in [0, 0.1) is 5.92 Å². The fraction of sp³-hybridized carbons (Fsp3) is 0.786. The van der Waals surface area contributed by atoms with Crippen LogP contribution in [-0.2, 0) is 4.74 Å². The number of carbonyl (C=O) groups is 1. The van der Waals surface area contributed by atoms with Gasteiger partial charge in [0.15, 0.2) is 0 Å². The van der Waals surface area contributed by atoms with E-state index in [0.717, 1.165) is 44.8 Å². The third-order valence-electron chi connectivity index (χ3n) is 3.97. The molecule has 3 rings (SSSR count). The number of rotatable bonds is 5. The predicted octanol–water partition coefficient (Wildman–Crippen LogP) is 1.57. The Kier molecular flexibility index (Phi) is 3.74. The molecule has 1 aliphatic carbocycles. The lowest BCUT2D eigenvalue weighted by atomic mass is 10.1. The van der Waals surface area contributed by atoms with Gasteiger partial charge in [-0.1, -0.05) is 13.8 Å². The van der Waals surface area contributed by atoms with E-state index in [0.29, 0.717) is 17.8 Å². The summed E-state index contributed by atoms with van der Waals surface area (Å²) in [6.45, 7) is 6.42. The first-order valence-electron chi connectivity index (χ1n) is 7.46. The van der Waals surface area contributed by atoms with Crippen LogP contribution >= 0.6 is 0 Å². The summed E-state index contributed by atoms with van der Waals surface area (Å²) in [6, 6.07) is 0.379. The summed E-state index contributed by atoms with van der Waals surface area (Å²) in [5, 5.41) is 6.95. The molecule has 0 spiro atoms. The molecule has 2 fully saturated rings. The van der Waals surface area contributed by atoms with Crippen molar-refractivity contribution in [1.82, 2.24) is 20.1 Å². The molecular formula is C14H22N4O2. The Morgan fingerprint density at radius 3 is 2.80 bits per heavy atom. The molecule has 1 N–H and O–H groups in total. The van der Waals surface area contributed by atoms with Crippen molar-refractivity contribution in [3.05, 3.63) is 11.6 Å². The fourth-order valence-electron chi connectivity index (χ4n) is 2.55. The van der Waals surface area contributed by atoms with Gasteiger partial charge in [-0.25, -0.2) is 4.98 Å². The van der Waals surface area contributed by atoms with Gasteiger partial charge < -0.3 is 9.64 Å². The Labute approximate surface area is 118 Å². The topological polar surface area (TPSA) is 71.1 Å². The summed E-state index contributed by atoms with van der Waals surface area (Å²) in [7, 11) is 0. The number of nitrogens with one attached hydrogen (secondary N) is 1. The predicted molar refractivity (Wildman–Crippen MR) is 73.5 cm³/mol. The van der Waals surface area contributed by atoms with Gasteiger partial charge in [-0.15, -0.1) is 5.10 Å². The van der Waals surface area contributed by atoms with Gasteiger partial charge >= 0.3 is 0 Å². The summed E-state index contributed by atoms with van der Waals surface area (Å²) in [5.41, 5.74) is 0. The molecule has 1 aromatic heterocycles. The van der Waals surface area contributed by atoms with Gasteiger partial charge in [0.25, 0.3) is 5.91 Å². The highest BCUT2D eigenvalue weighted by atomic mass is 16.5. The molecule has 6 heteroatoms. The van der Waals surface area contributed by atoms with E-state index in [1.54, 1.807) is 0 Å². The Bertz CT molecular complexity index is 475. The van der Waals surface area contributed by atoms with E-state index in [1.807, 2.05) is 18.7 Å². The van der Waals surface area contributed by atoms with Crippen molar-refractivity contribution < 1.29 is 9.53 Å². The molecule has 1 saturated carbocycles. The van der Waals surface area contributed by atoms with Crippen molar-refractivity contribution in [1.29, 1.82) is 0 Å². The van der Waals surface area contributed by atoms with E-state index in [1.165, 1.54) is 0 Å². The van der Waals surface area contributed by atoms with Gasteiger partial charge in [-0.2, -0.15) is 0 Å². The van der Waals surface area contributed by atoms with Crippen LogP contribution in [0.5, 0.6) is 0 Å². The van der Waals surface area contributed by atoms with E-state index >= 15 is 0 Å². The summed E-state index contributed by atoms with van der Waals surface area (Å²) >= 11 is 0. The Morgan fingerprint density at radius 1 is 1.45 bits per heavy atom. The van der Waals surface area contributed by atoms with Crippen LogP contribution < -0.4 is 0 Å². The van der Waals surface area contributed by atoms with Crippen molar-refractivity contribution in [2.24, 2.45) is 5.92 Å². The summed E-state index contributed by atoms with van der Waals surface area (Å²) < 4.78 is 5.40. The number of nitrogens with zero attached hydrogens (tertiary/aromatic N) is 3. The fourth-order valence-corrected chi connectivity index (χ4v) is 2.55. The summed E-state index contributed by atoms with van der Waals surface area (Å²) in [6.07, 6.45) is 3.24. The molecule has 2 heterocycles. The van der Waals surface area contributed by atoms with Gasteiger partial charge in [0.2, 0.25) is 5.82 Å². The standard InChI is InChI=1S/C14H22N4O2/c1-9(2)12-15-13(17-16-12)14(19)18(11-3-4-11)7-10-5-6-20-8-10/h9-11H,3-8H2,1-2H3,(H,15,16,17). The summed E-state index contributed by atoms with van der Waals surface area (Å²) in [4.78, 5) is 18.9. The molecule has 1 aliphatic heterocycles. The van der Waals surface area contributed by atoms with E-state index in [-0.39, 0.29) is 11.8 Å². The van der Waals surface area contributed by atoms with E-state index in [9.17, 15) is 4.79 Å². The molecule has 2 aliphatic rings. The molecule has 0 bridgehead atoms. The number of ether oxygens (including phenoxy) is 1. The Balaban J connectivity index is 1.70. The number of amides is 1. The molecule has 0 radical (unpaired) electrons. The first kappa shape index (κ1) is 13.5. The third-order valence-corrected chi connectivity index (χ3v) is 3.97. The lowest BCUT2D eigenvalue weighted by molar-refractivity contribution is 0.0694. The van der Waals surface area contributed by atoms with Crippen molar-refractivity contribution in [3.63, 3.8) is 0 Å². The van der Waals surface area contributed by atoms with Crippen LogP contribution in [0.2, 0.25) is 0 Å². The van der Waals surface area contributed by atoms with Crippen LogP contribution in [0.3, 0.4) is 0 Å². The maximum Gasteiger partial charge on any atom is 0.293 e. The average Bonchev–Trinajstić information content (AvgIpc) is 2.95. The van der Waals surface area contributed by atoms with Gasteiger partial charge in [0.1, 0.15) is 5.82 Å². The zero-order valence-corrected chi connectivity index (χ0v) is 12.1. The average molecular weight is 278 g/mol. The van der Waals surface area contributed by atoms with E-state index in [2.05, 4.69) is 15.2 Å². The molecule has 6 nitrogen and oxygen atoms in total. The highest BCUT2D eigenvalue weighted by molar-refractivity contribution is 5.90. The largest absolute Gasteiger partial charge is 0.381 e. The third kappa shape index (κ3) is 2.85. The zero-order valence-electron chi connectivity index (χ0n) is 12.1. The van der Waals surface area contributed by atoms with Gasteiger partial charge in [0.05, 0.1) is 6.61 Å². The molecular weight excluding hydrogens is 256 g/mol. The molecule has 1 unspecified atom stereocenters. The number of hydrogen-bond donors (Lipinski definition) is 1. The maximum atomic E-state index is 12.6. The van der Waals surface area contributed by atoms with E-state index in [4.69, 9.17) is 4.74 Å². The van der Waals surface area contributed by atoms with Gasteiger partial charge in [-0.05, 0) is 19.3 Å². The molecule has 0 aromatic carbocycles. The monoisotopic (exact) mass is 278 g/mol. The molecule has 1 saturated heterocycles. The van der Waals surface area contributed by atoms with Gasteiger partial charge in [-0.3, -0.25) is 9.89 Å². The molecule has 110 valence electrons. The van der Waals surface area contributed by atoms with Gasteiger partial charge in [0, 0.05) is 31.0 Å². The van der Waals surface area contributed by atoms with Crippen molar-refractivity contribution >= 4 is 5.91 Å². The second kappa shape index (κ2) is 5.52. The Hall–Kier alpha value is -1.43. The highest BCUT2D eigenvalue weighted by Gasteiger charge is 2.36. The van der Waals surface area contributed by atoms with Crippen molar-refractivity contribution in [2.45, 2.75) is 45.1 Å². The SMILES string of the molecule is CC(C)c1nc(C(=O)N(CC2CCOC2)C2CC2)n[nH]1. The number of aromatic amines is 1. The highest BCUT2D eigenvalue weighted by Crippen LogP contribution is 2.30. The van der Waals surface area contributed by atoms with Crippen LogP contribution in [0.25, 0.3) is 0 Å². The zero-order chi connectivity index (χ0) is 14.1. The van der Waals surface area contributed by atoms with E-state index < -0.39 is 0 Å². The normalized spacial score (nSPS) is 22.4. The second-order valence-electron chi connectivity index (χ2n) is 6.12. The maximum absolute atomic E-state index is 12.6. The quantitative estimate of drug-likeness (QED) is 0.887. The first-order valence-corrected chi connectivity index (χ1v) is 7.46. The molecule has 1 amide bonds.